The lowest BCUT2D eigenvalue weighted by Crippen LogP contribution is -2.26. The summed E-state index contributed by atoms with van der Waals surface area (Å²) < 4.78 is 1.50. The number of nitrogens with zero attached hydrogens (tertiary/aromatic N) is 3. The van der Waals surface area contributed by atoms with Crippen LogP contribution in [0.15, 0.2) is 60.7 Å². The average Bonchev–Trinajstić information content (AvgIpc) is 3.09. The summed E-state index contributed by atoms with van der Waals surface area (Å²) in [7, 11) is 0. The van der Waals surface area contributed by atoms with Gasteiger partial charge in [-0.05, 0) is 25.1 Å². The Morgan fingerprint density at radius 2 is 1.73 bits per heavy atom. The van der Waals surface area contributed by atoms with Crippen molar-refractivity contribution in [1.82, 2.24) is 9.78 Å². The molecule has 4 heteroatoms. The number of hydrogen-bond donors (Lipinski definition) is 0. The molecule has 1 aliphatic heterocycles. The summed E-state index contributed by atoms with van der Waals surface area (Å²) in [5.41, 5.74) is 4.87. The minimum atomic E-state index is -0.0963. The molecule has 0 fully saturated rings. The van der Waals surface area contributed by atoms with Crippen LogP contribution in [0.5, 0.6) is 0 Å². The average molecular weight is 289 g/mol. The molecular formula is C18H15N3O. The highest BCUT2D eigenvalue weighted by Gasteiger charge is 2.30. The van der Waals surface area contributed by atoms with E-state index in [2.05, 4.69) is 5.10 Å². The lowest BCUT2D eigenvalue weighted by atomic mass is 10.1. The van der Waals surface area contributed by atoms with Gasteiger partial charge in [-0.15, -0.1) is 0 Å². The fraction of sp³-hybridized carbons (Fsp3) is 0.111. The number of amides is 1. The molecule has 0 atom stereocenters. The van der Waals surface area contributed by atoms with Gasteiger partial charge in [-0.2, -0.15) is 9.78 Å². The molecule has 0 spiro atoms. The van der Waals surface area contributed by atoms with Crippen molar-refractivity contribution in [1.29, 1.82) is 0 Å². The van der Waals surface area contributed by atoms with E-state index in [4.69, 9.17) is 0 Å². The Morgan fingerprint density at radius 3 is 2.41 bits per heavy atom. The molecule has 0 bridgehead atoms. The molecule has 1 aromatic heterocycles. The first-order valence-corrected chi connectivity index (χ1v) is 7.25. The molecule has 1 aliphatic rings. The minimum Gasteiger partial charge on any atom is -0.287 e. The summed E-state index contributed by atoms with van der Waals surface area (Å²) in [4.78, 5) is 14.3. The first kappa shape index (κ1) is 12.8. The van der Waals surface area contributed by atoms with Crippen LogP contribution in [0.4, 0.5) is 10.5 Å². The number of aromatic nitrogens is 2. The summed E-state index contributed by atoms with van der Waals surface area (Å²) >= 11 is 0. The minimum absolute atomic E-state index is 0.0963. The third-order valence-electron chi connectivity index (χ3n) is 3.93. The molecule has 3 aromatic rings. The summed E-state index contributed by atoms with van der Waals surface area (Å²) in [6.45, 7) is 2.59. The van der Waals surface area contributed by atoms with E-state index in [1.54, 1.807) is 4.90 Å². The van der Waals surface area contributed by atoms with E-state index in [0.29, 0.717) is 6.54 Å². The lowest BCUT2D eigenvalue weighted by molar-refractivity contribution is 0.248. The van der Waals surface area contributed by atoms with Crippen molar-refractivity contribution in [3.05, 3.63) is 71.9 Å². The molecule has 0 saturated carbocycles. The molecule has 0 N–H and O–H groups in total. The van der Waals surface area contributed by atoms with Crippen LogP contribution < -0.4 is 4.90 Å². The zero-order valence-electron chi connectivity index (χ0n) is 12.2. The van der Waals surface area contributed by atoms with Gasteiger partial charge in [-0.1, -0.05) is 48.0 Å². The highest BCUT2D eigenvalue weighted by molar-refractivity contribution is 5.96. The van der Waals surface area contributed by atoms with Crippen LogP contribution in [0, 0.1) is 6.92 Å². The van der Waals surface area contributed by atoms with Crippen molar-refractivity contribution in [3.8, 4) is 11.3 Å². The van der Waals surface area contributed by atoms with Crippen molar-refractivity contribution in [3.63, 3.8) is 0 Å². The number of rotatable bonds is 2. The first-order valence-electron chi connectivity index (χ1n) is 7.25. The van der Waals surface area contributed by atoms with Crippen LogP contribution in [-0.4, -0.2) is 15.8 Å². The Labute approximate surface area is 128 Å². The maximum atomic E-state index is 12.6. The molecule has 0 saturated heterocycles. The van der Waals surface area contributed by atoms with E-state index in [1.165, 1.54) is 10.2 Å². The molecule has 0 aliphatic carbocycles. The largest absolute Gasteiger partial charge is 0.349 e. The van der Waals surface area contributed by atoms with Crippen molar-refractivity contribution in [2.75, 3.05) is 4.90 Å². The standard InChI is InChI=1S/C18H15N3O/c1-13-7-9-15(10-8-13)20-12-16-11-17(19-21(16)18(20)22)14-5-3-2-4-6-14/h2-11H,12H2,1H3. The van der Waals surface area contributed by atoms with Gasteiger partial charge in [0, 0.05) is 11.3 Å². The predicted molar refractivity (Wildman–Crippen MR) is 85.8 cm³/mol. The van der Waals surface area contributed by atoms with Gasteiger partial charge in [0.25, 0.3) is 0 Å². The van der Waals surface area contributed by atoms with Gasteiger partial charge in [-0.3, -0.25) is 4.90 Å². The van der Waals surface area contributed by atoms with Gasteiger partial charge in [0.1, 0.15) is 0 Å². The molecular weight excluding hydrogens is 274 g/mol. The lowest BCUT2D eigenvalue weighted by Gasteiger charge is -2.14. The van der Waals surface area contributed by atoms with E-state index in [1.807, 2.05) is 67.6 Å². The number of anilines is 1. The van der Waals surface area contributed by atoms with Crippen molar-refractivity contribution >= 4 is 11.7 Å². The molecule has 0 unspecified atom stereocenters. The van der Waals surface area contributed by atoms with Crippen LogP contribution in [0.25, 0.3) is 11.3 Å². The Balaban J connectivity index is 1.66. The van der Waals surface area contributed by atoms with Crippen LogP contribution in [0.3, 0.4) is 0 Å². The summed E-state index contributed by atoms with van der Waals surface area (Å²) in [5.74, 6) is 0. The Hall–Kier alpha value is -2.88. The van der Waals surface area contributed by atoms with Gasteiger partial charge >= 0.3 is 6.03 Å². The zero-order chi connectivity index (χ0) is 15.1. The van der Waals surface area contributed by atoms with E-state index in [-0.39, 0.29) is 6.03 Å². The summed E-state index contributed by atoms with van der Waals surface area (Å²) in [5, 5.41) is 4.46. The van der Waals surface area contributed by atoms with Crippen LogP contribution in [0.2, 0.25) is 0 Å². The van der Waals surface area contributed by atoms with Gasteiger partial charge < -0.3 is 0 Å². The third-order valence-corrected chi connectivity index (χ3v) is 3.93. The number of benzene rings is 2. The number of carbonyl (C=O) groups excluding carboxylic acids is 1. The molecule has 4 nitrogen and oxygen atoms in total. The van der Waals surface area contributed by atoms with Crippen LogP contribution in [-0.2, 0) is 6.54 Å². The molecule has 108 valence electrons. The van der Waals surface area contributed by atoms with Crippen LogP contribution >= 0.6 is 0 Å². The molecule has 4 rings (SSSR count). The topological polar surface area (TPSA) is 38.1 Å². The smallest absolute Gasteiger partial charge is 0.287 e. The van der Waals surface area contributed by atoms with Crippen molar-refractivity contribution in [2.45, 2.75) is 13.5 Å². The van der Waals surface area contributed by atoms with Crippen molar-refractivity contribution < 1.29 is 4.79 Å². The van der Waals surface area contributed by atoms with Gasteiger partial charge in [0.05, 0.1) is 17.9 Å². The van der Waals surface area contributed by atoms with Crippen LogP contribution in [0.1, 0.15) is 11.3 Å². The SMILES string of the molecule is Cc1ccc(N2Cc3cc(-c4ccccc4)nn3C2=O)cc1. The highest BCUT2D eigenvalue weighted by Crippen LogP contribution is 2.27. The summed E-state index contributed by atoms with van der Waals surface area (Å²) in [6, 6.07) is 19.8. The Kier molecular flexibility index (Phi) is 2.82. The van der Waals surface area contributed by atoms with E-state index in [0.717, 1.165) is 22.6 Å². The third kappa shape index (κ3) is 2.00. The number of carbonyl (C=O) groups is 1. The zero-order valence-corrected chi connectivity index (χ0v) is 12.2. The van der Waals surface area contributed by atoms with E-state index in [9.17, 15) is 4.79 Å². The van der Waals surface area contributed by atoms with Gasteiger partial charge in [0.2, 0.25) is 0 Å². The predicted octanol–water partition coefficient (Wildman–Crippen LogP) is 3.85. The second-order valence-electron chi connectivity index (χ2n) is 5.50. The quantitative estimate of drug-likeness (QED) is 0.718. The second kappa shape index (κ2) is 4.84. The maximum Gasteiger partial charge on any atom is 0.349 e. The van der Waals surface area contributed by atoms with E-state index >= 15 is 0 Å². The molecule has 22 heavy (non-hydrogen) atoms. The van der Waals surface area contributed by atoms with Gasteiger partial charge in [0.15, 0.2) is 0 Å². The number of hydrogen-bond acceptors (Lipinski definition) is 2. The van der Waals surface area contributed by atoms with Gasteiger partial charge in [-0.25, -0.2) is 4.79 Å². The summed E-state index contributed by atoms with van der Waals surface area (Å²) in [6.07, 6.45) is 0. The van der Waals surface area contributed by atoms with Crippen molar-refractivity contribution in [2.24, 2.45) is 0 Å². The normalized spacial score (nSPS) is 13.5. The molecule has 0 radical (unpaired) electrons. The first-order chi connectivity index (χ1) is 10.7. The molecule has 2 aromatic carbocycles. The number of fused-ring (bicyclic) bond motifs is 1. The second-order valence-corrected chi connectivity index (χ2v) is 5.50. The monoisotopic (exact) mass is 289 g/mol. The Morgan fingerprint density at radius 1 is 1.00 bits per heavy atom. The molecule has 1 amide bonds. The molecule has 2 heterocycles. The fourth-order valence-corrected chi connectivity index (χ4v) is 2.72. The maximum absolute atomic E-state index is 12.6. The number of aryl methyl sites for hydroxylation is 1. The van der Waals surface area contributed by atoms with E-state index < -0.39 is 0 Å². The Bertz CT molecular complexity index is 835. The fourth-order valence-electron chi connectivity index (χ4n) is 2.72. The highest BCUT2D eigenvalue weighted by atomic mass is 16.2.